The van der Waals surface area contributed by atoms with Crippen LogP contribution >= 0.6 is 0 Å². The average Bonchev–Trinajstić information content (AvgIpc) is 2.50. The zero-order valence-electron chi connectivity index (χ0n) is 16.4. The molecule has 1 atom stereocenters. The number of rotatable bonds is 16. The molecule has 0 amide bonds. The molecule has 1 unspecified atom stereocenters. The van der Waals surface area contributed by atoms with Gasteiger partial charge in [-0.15, -0.1) is 0 Å². The van der Waals surface area contributed by atoms with Gasteiger partial charge in [-0.3, -0.25) is 4.79 Å². The van der Waals surface area contributed by atoms with E-state index in [0.717, 1.165) is 26.2 Å². The van der Waals surface area contributed by atoms with Crippen molar-refractivity contribution in [1.29, 1.82) is 0 Å². The van der Waals surface area contributed by atoms with E-state index in [2.05, 4.69) is 6.92 Å². The number of carbonyl (C=O) groups is 1. The van der Waals surface area contributed by atoms with E-state index in [1.165, 1.54) is 57.8 Å². The molecule has 25 heavy (non-hydrogen) atoms. The zero-order valence-corrected chi connectivity index (χ0v) is 19.2. The topological polar surface area (TPSA) is 94.5 Å². The van der Waals surface area contributed by atoms with Crippen molar-refractivity contribution < 1.29 is 52.4 Å². The Morgan fingerprint density at radius 2 is 1.16 bits per heavy atom. The van der Waals surface area contributed by atoms with Gasteiger partial charge < -0.3 is 9.66 Å². The van der Waals surface area contributed by atoms with Crippen LogP contribution < -0.4 is 29.6 Å². The van der Waals surface area contributed by atoms with Crippen LogP contribution in [0.2, 0.25) is 0 Å². The van der Waals surface area contributed by atoms with E-state index in [4.69, 9.17) is 0 Å². The third kappa shape index (κ3) is 13.4. The smallest absolute Gasteiger partial charge is 0.745 e. The van der Waals surface area contributed by atoms with Gasteiger partial charge in [-0.2, -0.15) is 0 Å². The minimum atomic E-state index is -5.01. The molecule has 5 nitrogen and oxygen atoms in total. The maximum atomic E-state index is 11.6. The molecule has 0 heterocycles. The predicted octanol–water partition coefficient (Wildman–Crippen LogP) is 1.29. The fourth-order valence-corrected chi connectivity index (χ4v) is 3.06. The van der Waals surface area contributed by atoms with Crippen molar-refractivity contribution in [3.05, 3.63) is 0 Å². The summed E-state index contributed by atoms with van der Waals surface area (Å²) in [5.74, 6) is -0.902. The van der Waals surface area contributed by atoms with Crippen molar-refractivity contribution in [1.82, 2.24) is 0 Å². The van der Waals surface area contributed by atoms with Gasteiger partial charge in [0.1, 0.15) is 10.1 Å². The SMILES string of the molecule is CCCCCCCCCCCCCCCC(=O)C(C)(O)S(=O)(=O)[O-].[Na+]. The van der Waals surface area contributed by atoms with Gasteiger partial charge in [-0.25, -0.2) is 8.42 Å². The van der Waals surface area contributed by atoms with Crippen LogP contribution in [-0.4, -0.2) is 28.8 Å². The van der Waals surface area contributed by atoms with Gasteiger partial charge in [0.2, 0.25) is 4.93 Å². The van der Waals surface area contributed by atoms with Crippen LogP contribution in [0, 0.1) is 0 Å². The molecule has 0 aromatic carbocycles. The summed E-state index contributed by atoms with van der Waals surface area (Å²) >= 11 is 0. The summed E-state index contributed by atoms with van der Waals surface area (Å²) in [6.07, 6.45) is 15.1. The summed E-state index contributed by atoms with van der Waals surface area (Å²) in [7, 11) is -5.01. The summed E-state index contributed by atoms with van der Waals surface area (Å²) in [5, 5.41) is 9.46. The summed E-state index contributed by atoms with van der Waals surface area (Å²) < 4.78 is 32.4. The second-order valence-electron chi connectivity index (χ2n) is 6.85. The van der Waals surface area contributed by atoms with E-state index in [0.29, 0.717) is 6.42 Å². The molecule has 0 rings (SSSR count). The first-order valence-corrected chi connectivity index (χ1v) is 10.9. The van der Waals surface area contributed by atoms with Crippen LogP contribution in [0.4, 0.5) is 0 Å². The standard InChI is InChI=1S/C18H36O5S.Na/c1-3-4-5-6-7-8-9-10-11-12-13-14-15-16-17(19)18(2,20)24(21,22)23;/h20H,3-16H2,1-2H3,(H,21,22,23);/q;+1/p-1. The zero-order chi connectivity index (χ0) is 18.5. The fourth-order valence-electron chi connectivity index (χ4n) is 2.67. The van der Waals surface area contributed by atoms with Crippen LogP contribution in [0.3, 0.4) is 0 Å². The fraction of sp³-hybridized carbons (Fsp3) is 0.944. The van der Waals surface area contributed by atoms with Crippen LogP contribution in [-0.2, 0) is 14.9 Å². The number of carbonyl (C=O) groups excluding carboxylic acids is 1. The second-order valence-corrected chi connectivity index (χ2v) is 8.56. The predicted molar refractivity (Wildman–Crippen MR) is 95.6 cm³/mol. The Labute approximate surface area is 176 Å². The van der Waals surface area contributed by atoms with Crippen LogP contribution in [0.5, 0.6) is 0 Å². The normalized spacial score (nSPS) is 13.9. The Morgan fingerprint density at radius 1 is 0.840 bits per heavy atom. The Kier molecular flexibility index (Phi) is 17.3. The van der Waals surface area contributed by atoms with Crippen LogP contribution in [0.15, 0.2) is 0 Å². The van der Waals surface area contributed by atoms with Crippen molar-refractivity contribution in [2.75, 3.05) is 0 Å². The third-order valence-electron chi connectivity index (χ3n) is 4.51. The molecule has 7 heteroatoms. The minimum absolute atomic E-state index is 0. The molecule has 0 saturated carbocycles. The molecule has 0 aliphatic rings. The summed E-state index contributed by atoms with van der Waals surface area (Å²) in [4.78, 5) is 8.80. The maximum absolute atomic E-state index is 11.6. The second kappa shape index (κ2) is 15.6. The van der Waals surface area contributed by atoms with E-state index in [1.54, 1.807) is 0 Å². The van der Waals surface area contributed by atoms with Gasteiger partial charge >= 0.3 is 29.6 Å². The number of Topliss-reactive ketones (excluding diaryl/α,β-unsaturated/α-hetero) is 1. The molecule has 0 fully saturated rings. The molecule has 1 N–H and O–H groups in total. The first-order chi connectivity index (χ1) is 11.2. The molecule has 0 radical (unpaired) electrons. The summed E-state index contributed by atoms with van der Waals surface area (Å²) in [5.41, 5.74) is 0. The van der Waals surface area contributed by atoms with E-state index >= 15 is 0 Å². The number of hydrogen-bond acceptors (Lipinski definition) is 5. The summed E-state index contributed by atoms with van der Waals surface area (Å²) in [6.45, 7) is 2.99. The van der Waals surface area contributed by atoms with Crippen molar-refractivity contribution in [3.8, 4) is 0 Å². The Hall–Kier alpha value is 0.540. The number of unbranched alkanes of at least 4 members (excludes halogenated alkanes) is 12. The molecule has 0 spiro atoms. The Morgan fingerprint density at radius 3 is 1.48 bits per heavy atom. The largest absolute Gasteiger partial charge is 1.00 e. The molecule has 0 bridgehead atoms. The van der Waals surface area contributed by atoms with Gasteiger partial charge in [0.05, 0.1) is 0 Å². The molecule has 0 aliphatic carbocycles. The van der Waals surface area contributed by atoms with Gasteiger partial charge in [0, 0.05) is 6.42 Å². The molecule has 0 aliphatic heterocycles. The first-order valence-electron chi connectivity index (χ1n) is 9.44. The molecule has 0 aromatic heterocycles. The van der Waals surface area contributed by atoms with Crippen molar-refractivity contribution >= 4 is 15.9 Å². The third-order valence-corrected chi connectivity index (χ3v) is 5.71. The first kappa shape index (κ1) is 27.8. The number of ketones is 1. The number of aliphatic hydroxyl groups is 1. The van der Waals surface area contributed by atoms with Gasteiger partial charge in [-0.05, 0) is 13.3 Å². The van der Waals surface area contributed by atoms with Gasteiger partial charge in [-0.1, -0.05) is 84.0 Å². The molecular weight excluding hydrogens is 351 g/mol. The van der Waals surface area contributed by atoms with Crippen LogP contribution in [0.25, 0.3) is 0 Å². The van der Waals surface area contributed by atoms with Crippen LogP contribution in [0.1, 0.15) is 104 Å². The van der Waals surface area contributed by atoms with Gasteiger partial charge in [0.15, 0.2) is 5.78 Å². The molecule has 144 valence electrons. The van der Waals surface area contributed by atoms with E-state index < -0.39 is 20.8 Å². The summed E-state index contributed by atoms with van der Waals surface area (Å²) in [6, 6.07) is 0. The Balaban J connectivity index is 0. The van der Waals surface area contributed by atoms with Crippen molar-refractivity contribution in [2.24, 2.45) is 0 Å². The van der Waals surface area contributed by atoms with E-state index in [-0.39, 0.29) is 36.0 Å². The Bertz CT molecular complexity index is 435. The minimum Gasteiger partial charge on any atom is -0.745 e. The van der Waals surface area contributed by atoms with E-state index in [9.17, 15) is 22.9 Å². The average molecular weight is 387 g/mol. The quantitative estimate of drug-likeness (QED) is 0.245. The molecule has 0 aromatic rings. The van der Waals surface area contributed by atoms with Crippen molar-refractivity contribution in [3.63, 3.8) is 0 Å². The van der Waals surface area contributed by atoms with E-state index in [1.807, 2.05) is 0 Å². The van der Waals surface area contributed by atoms with Crippen molar-refractivity contribution in [2.45, 2.75) is 109 Å². The monoisotopic (exact) mass is 386 g/mol. The molecule has 0 saturated heterocycles. The molecular formula is C18H35NaO5S. The van der Waals surface area contributed by atoms with Gasteiger partial charge in [0.25, 0.3) is 0 Å². The maximum Gasteiger partial charge on any atom is 1.00 e. The number of hydrogen-bond donors (Lipinski definition) is 1.